The summed E-state index contributed by atoms with van der Waals surface area (Å²) in [5, 5.41) is 11.3. The van der Waals surface area contributed by atoms with Gasteiger partial charge in [-0.25, -0.2) is 14.6 Å². The van der Waals surface area contributed by atoms with Crippen LogP contribution in [0.2, 0.25) is 0 Å². The average molecular weight is 347 g/mol. The van der Waals surface area contributed by atoms with Crippen LogP contribution < -0.4 is 5.32 Å². The van der Waals surface area contributed by atoms with Crippen molar-refractivity contribution in [3.8, 4) is 11.5 Å². The highest BCUT2D eigenvalue weighted by Gasteiger charge is 2.12. The SMILES string of the molecule is Cc1noc(-c2cccnc2NCc2ccc(Cn3cncn3)cc2)n1. The van der Waals surface area contributed by atoms with Gasteiger partial charge in [0.1, 0.15) is 18.5 Å². The molecule has 26 heavy (non-hydrogen) atoms. The Bertz CT molecular complexity index is 977. The van der Waals surface area contributed by atoms with Gasteiger partial charge in [0.15, 0.2) is 5.82 Å². The monoisotopic (exact) mass is 347 g/mol. The van der Waals surface area contributed by atoms with Crippen molar-refractivity contribution in [3.05, 3.63) is 72.2 Å². The van der Waals surface area contributed by atoms with E-state index in [0.717, 1.165) is 11.1 Å². The van der Waals surface area contributed by atoms with Crippen LogP contribution in [0.25, 0.3) is 11.5 Å². The molecule has 1 aromatic carbocycles. The van der Waals surface area contributed by atoms with Crippen molar-refractivity contribution in [1.82, 2.24) is 29.9 Å². The minimum Gasteiger partial charge on any atom is -0.365 e. The first-order valence-electron chi connectivity index (χ1n) is 8.18. The van der Waals surface area contributed by atoms with E-state index >= 15 is 0 Å². The second-order valence-electron chi connectivity index (χ2n) is 5.81. The lowest BCUT2D eigenvalue weighted by atomic mass is 10.1. The van der Waals surface area contributed by atoms with Crippen LogP contribution >= 0.6 is 0 Å². The number of benzene rings is 1. The van der Waals surface area contributed by atoms with Crippen molar-refractivity contribution in [2.24, 2.45) is 0 Å². The molecule has 1 N–H and O–H groups in total. The van der Waals surface area contributed by atoms with E-state index in [1.165, 1.54) is 11.9 Å². The highest BCUT2D eigenvalue weighted by molar-refractivity contribution is 5.68. The first-order chi connectivity index (χ1) is 12.8. The molecule has 4 aromatic rings. The average Bonchev–Trinajstić information content (AvgIpc) is 3.33. The quantitative estimate of drug-likeness (QED) is 0.573. The van der Waals surface area contributed by atoms with Gasteiger partial charge in [0.25, 0.3) is 5.89 Å². The first kappa shape index (κ1) is 15.9. The highest BCUT2D eigenvalue weighted by atomic mass is 16.5. The van der Waals surface area contributed by atoms with Crippen LogP contribution in [0.1, 0.15) is 17.0 Å². The Morgan fingerprint density at radius 1 is 1.12 bits per heavy atom. The molecule has 130 valence electrons. The predicted octanol–water partition coefficient (Wildman–Crippen LogP) is 2.69. The number of aryl methyl sites for hydroxylation is 1. The van der Waals surface area contributed by atoms with Crippen LogP contribution in [0.5, 0.6) is 0 Å². The molecule has 8 nitrogen and oxygen atoms in total. The van der Waals surface area contributed by atoms with Crippen molar-refractivity contribution in [2.75, 3.05) is 5.32 Å². The van der Waals surface area contributed by atoms with Crippen molar-refractivity contribution in [2.45, 2.75) is 20.0 Å². The Labute approximate surface area is 149 Å². The Balaban J connectivity index is 1.44. The van der Waals surface area contributed by atoms with Gasteiger partial charge in [0.2, 0.25) is 0 Å². The van der Waals surface area contributed by atoms with Gasteiger partial charge in [-0.3, -0.25) is 0 Å². The lowest BCUT2D eigenvalue weighted by molar-refractivity contribution is 0.425. The molecule has 0 fully saturated rings. The van der Waals surface area contributed by atoms with Gasteiger partial charge >= 0.3 is 0 Å². The van der Waals surface area contributed by atoms with Gasteiger partial charge in [-0.1, -0.05) is 29.4 Å². The van der Waals surface area contributed by atoms with Crippen LogP contribution in [0.15, 0.2) is 59.8 Å². The summed E-state index contributed by atoms with van der Waals surface area (Å²) in [5.41, 5.74) is 3.10. The molecule has 0 saturated carbocycles. The van der Waals surface area contributed by atoms with Gasteiger partial charge in [0, 0.05) is 12.7 Å². The van der Waals surface area contributed by atoms with E-state index in [-0.39, 0.29) is 0 Å². The Hall–Kier alpha value is -3.55. The number of nitrogens with zero attached hydrogens (tertiary/aromatic N) is 6. The van der Waals surface area contributed by atoms with Crippen molar-refractivity contribution in [1.29, 1.82) is 0 Å². The lowest BCUT2D eigenvalue weighted by Crippen LogP contribution is -2.04. The molecular weight excluding hydrogens is 330 g/mol. The Morgan fingerprint density at radius 2 is 1.96 bits per heavy atom. The predicted molar refractivity (Wildman–Crippen MR) is 95.2 cm³/mol. The molecule has 3 aromatic heterocycles. The standard InChI is InChI=1S/C18H17N7O/c1-13-23-18(26-24-13)16-3-2-8-20-17(16)21-9-14-4-6-15(7-5-14)10-25-12-19-11-22-25/h2-8,11-12H,9-10H2,1H3,(H,20,21). The third-order valence-electron chi connectivity index (χ3n) is 3.86. The molecule has 0 spiro atoms. The van der Waals surface area contributed by atoms with E-state index in [1.54, 1.807) is 24.1 Å². The minimum absolute atomic E-state index is 0.460. The van der Waals surface area contributed by atoms with Crippen molar-refractivity contribution in [3.63, 3.8) is 0 Å². The molecule has 3 heterocycles. The number of anilines is 1. The van der Waals surface area contributed by atoms with Crippen LogP contribution in [0.4, 0.5) is 5.82 Å². The van der Waals surface area contributed by atoms with E-state index in [9.17, 15) is 0 Å². The molecule has 0 saturated heterocycles. The molecule has 0 aliphatic rings. The molecule has 8 heteroatoms. The molecule has 0 amide bonds. The minimum atomic E-state index is 0.460. The maximum atomic E-state index is 5.25. The number of rotatable bonds is 6. The normalized spacial score (nSPS) is 10.8. The van der Waals surface area contributed by atoms with E-state index in [2.05, 4.69) is 54.8 Å². The second-order valence-corrected chi connectivity index (χ2v) is 5.81. The topological polar surface area (TPSA) is 94.6 Å². The molecule has 0 bridgehead atoms. The number of aromatic nitrogens is 6. The van der Waals surface area contributed by atoms with Gasteiger partial charge < -0.3 is 9.84 Å². The first-order valence-corrected chi connectivity index (χ1v) is 8.18. The Morgan fingerprint density at radius 3 is 2.69 bits per heavy atom. The largest absolute Gasteiger partial charge is 0.365 e. The van der Waals surface area contributed by atoms with Gasteiger partial charge in [-0.05, 0) is 30.2 Å². The summed E-state index contributed by atoms with van der Waals surface area (Å²) in [6.07, 6.45) is 4.97. The van der Waals surface area contributed by atoms with Crippen LogP contribution in [0, 0.1) is 6.92 Å². The molecule has 4 rings (SSSR count). The summed E-state index contributed by atoms with van der Waals surface area (Å²) in [5.74, 6) is 1.77. The maximum absolute atomic E-state index is 5.25. The fourth-order valence-electron chi connectivity index (χ4n) is 2.57. The van der Waals surface area contributed by atoms with Crippen molar-refractivity contribution < 1.29 is 4.52 Å². The van der Waals surface area contributed by atoms with Gasteiger partial charge in [0.05, 0.1) is 12.1 Å². The molecule has 0 radical (unpaired) electrons. The summed E-state index contributed by atoms with van der Waals surface area (Å²) >= 11 is 0. The number of hydrogen-bond donors (Lipinski definition) is 1. The van der Waals surface area contributed by atoms with Gasteiger partial charge in [-0.2, -0.15) is 10.1 Å². The van der Waals surface area contributed by atoms with Crippen molar-refractivity contribution >= 4 is 5.82 Å². The van der Waals surface area contributed by atoms with Crippen LogP contribution in [-0.4, -0.2) is 29.9 Å². The van der Waals surface area contributed by atoms with Crippen LogP contribution in [-0.2, 0) is 13.1 Å². The van der Waals surface area contributed by atoms with E-state index in [1.807, 2.05) is 12.1 Å². The highest BCUT2D eigenvalue weighted by Crippen LogP contribution is 2.24. The zero-order chi connectivity index (χ0) is 17.8. The summed E-state index contributed by atoms with van der Waals surface area (Å²) in [6, 6.07) is 12.1. The molecule has 0 atom stereocenters. The number of nitrogens with one attached hydrogen (secondary N) is 1. The van der Waals surface area contributed by atoms with E-state index < -0.39 is 0 Å². The lowest BCUT2D eigenvalue weighted by Gasteiger charge is -2.09. The van der Waals surface area contributed by atoms with E-state index in [4.69, 9.17) is 4.52 Å². The fraction of sp³-hybridized carbons (Fsp3) is 0.167. The molecule has 0 unspecified atom stereocenters. The number of hydrogen-bond acceptors (Lipinski definition) is 7. The molecular formula is C18H17N7O. The molecule has 0 aliphatic heterocycles. The Kier molecular flexibility index (Phi) is 4.38. The zero-order valence-electron chi connectivity index (χ0n) is 14.2. The maximum Gasteiger partial charge on any atom is 0.261 e. The van der Waals surface area contributed by atoms with Gasteiger partial charge in [-0.15, -0.1) is 0 Å². The third kappa shape index (κ3) is 3.59. The zero-order valence-corrected chi connectivity index (χ0v) is 14.2. The third-order valence-corrected chi connectivity index (χ3v) is 3.86. The molecule has 0 aliphatic carbocycles. The van der Waals surface area contributed by atoms with E-state index in [0.29, 0.717) is 30.6 Å². The second kappa shape index (κ2) is 7.14. The summed E-state index contributed by atoms with van der Waals surface area (Å²) in [4.78, 5) is 12.6. The smallest absolute Gasteiger partial charge is 0.261 e. The summed E-state index contributed by atoms with van der Waals surface area (Å²) in [7, 11) is 0. The van der Waals surface area contributed by atoms with Crippen LogP contribution in [0.3, 0.4) is 0 Å². The number of pyridine rings is 1. The summed E-state index contributed by atoms with van der Waals surface area (Å²) in [6.45, 7) is 3.13. The fourth-order valence-corrected chi connectivity index (χ4v) is 2.57. The summed E-state index contributed by atoms with van der Waals surface area (Å²) < 4.78 is 7.05.